The van der Waals surface area contributed by atoms with Gasteiger partial charge in [-0.05, 0) is 66.2 Å². The predicted octanol–water partition coefficient (Wildman–Crippen LogP) is 9.12. The zero-order valence-corrected chi connectivity index (χ0v) is 17.8. The van der Waals surface area contributed by atoms with Gasteiger partial charge in [-0.2, -0.15) is 0 Å². The van der Waals surface area contributed by atoms with E-state index in [0.717, 1.165) is 5.56 Å². The number of rotatable bonds is 3. The fourth-order valence-corrected chi connectivity index (χ4v) is 4.88. The molecule has 0 fully saturated rings. The molecule has 0 aliphatic rings. The summed E-state index contributed by atoms with van der Waals surface area (Å²) in [5, 5.41) is 7.65. The zero-order valence-electron chi connectivity index (χ0n) is 17.8. The Morgan fingerprint density at radius 2 is 0.906 bits per heavy atom. The van der Waals surface area contributed by atoms with Crippen LogP contribution in [0, 0.1) is 0 Å². The molecule has 0 N–H and O–H groups in total. The van der Waals surface area contributed by atoms with Crippen molar-refractivity contribution in [3.8, 4) is 22.3 Å². The Kier molecular flexibility index (Phi) is 4.37. The van der Waals surface area contributed by atoms with Crippen LogP contribution in [-0.4, -0.2) is 0 Å². The van der Waals surface area contributed by atoms with Crippen molar-refractivity contribution < 1.29 is 0 Å². The monoisotopic (exact) mass is 406 g/mol. The molecule has 0 heterocycles. The van der Waals surface area contributed by atoms with Crippen molar-refractivity contribution in [3.05, 3.63) is 127 Å². The Balaban J connectivity index is 1.74. The maximum Gasteiger partial charge on any atom is -0.00262 e. The first-order valence-corrected chi connectivity index (χ1v) is 11.0. The summed E-state index contributed by atoms with van der Waals surface area (Å²) in [6.07, 6.45) is 1.89. The maximum absolute atomic E-state index is 3.90. The van der Waals surface area contributed by atoms with Gasteiger partial charge in [0.15, 0.2) is 0 Å². The zero-order chi connectivity index (χ0) is 21.5. The molecule has 0 bridgehead atoms. The standard InChI is InChI=1S/C32H22/c1-2-22-15-17-24(18-16-22)31-27-11-5-7-13-29(27)32(30-14-8-6-12-28(30)31)26-20-19-23-9-3-4-10-25(23)21-26/h2-21H,1H2. The third-order valence-corrected chi connectivity index (χ3v) is 6.40. The Morgan fingerprint density at radius 1 is 0.438 bits per heavy atom. The molecule has 0 radical (unpaired) electrons. The highest BCUT2D eigenvalue weighted by Gasteiger charge is 2.16. The maximum atomic E-state index is 3.90. The molecule has 0 spiro atoms. The second kappa shape index (κ2) is 7.51. The fraction of sp³-hybridized carbons (Fsp3) is 0. The summed E-state index contributed by atoms with van der Waals surface area (Å²) < 4.78 is 0. The predicted molar refractivity (Wildman–Crippen MR) is 140 cm³/mol. The summed E-state index contributed by atoms with van der Waals surface area (Å²) in [7, 11) is 0. The van der Waals surface area contributed by atoms with E-state index < -0.39 is 0 Å². The molecule has 0 amide bonds. The molecular weight excluding hydrogens is 384 g/mol. The first-order valence-electron chi connectivity index (χ1n) is 11.0. The van der Waals surface area contributed by atoms with Crippen LogP contribution in [0.5, 0.6) is 0 Å². The van der Waals surface area contributed by atoms with Gasteiger partial charge in [-0.1, -0.05) is 122 Å². The first kappa shape index (κ1) is 18.6. The van der Waals surface area contributed by atoms with E-state index in [1.54, 1.807) is 0 Å². The minimum atomic E-state index is 1.13. The molecular formula is C32H22. The van der Waals surface area contributed by atoms with Crippen molar-refractivity contribution in [1.82, 2.24) is 0 Å². The molecule has 0 aromatic heterocycles. The van der Waals surface area contributed by atoms with Crippen molar-refractivity contribution in [3.63, 3.8) is 0 Å². The third-order valence-electron chi connectivity index (χ3n) is 6.40. The number of benzene rings is 6. The molecule has 150 valence electrons. The molecule has 6 aromatic rings. The lowest BCUT2D eigenvalue weighted by Gasteiger charge is -2.18. The van der Waals surface area contributed by atoms with E-state index in [1.807, 2.05) is 6.08 Å². The van der Waals surface area contributed by atoms with Crippen LogP contribution in [0.15, 0.2) is 122 Å². The summed E-state index contributed by atoms with van der Waals surface area (Å²) in [4.78, 5) is 0. The van der Waals surface area contributed by atoms with Gasteiger partial charge < -0.3 is 0 Å². The summed E-state index contributed by atoms with van der Waals surface area (Å²) in [5.41, 5.74) is 6.21. The van der Waals surface area contributed by atoms with Crippen LogP contribution in [0.25, 0.3) is 60.6 Å². The van der Waals surface area contributed by atoms with Gasteiger partial charge in [0.25, 0.3) is 0 Å². The molecule has 6 rings (SSSR count). The lowest BCUT2D eigenvalue weighted by Crippen LogP contribution is -1.91. The van der Waals surface area contributed by atoms with Gasteiger partial charge in [0.1, 0.15) is 0 Å². The van der Waals surface area contributed by atoms with Gasteiger partial charge >= 0.3 is 0 Å². The highest BCUT2D eigenvalue weighted by Crippen LogP contribution is 2.43. The van der Waals surface area contributed by atoms with Crippen LogP contribution in [0.1, 0.15) is 5.56 Å². The molecule has 0 atom stereocenters. The Hall–Kier alpha value is -4.16. The lowest BCUT2D eigenvalue weighted by molar-refractivity contribution is 1.64. The van der Waals surface area contributed by atoms with Crippen LogP contribution in [0.3, 0.4) is 0 Å². The van der Waals surface area contributed by atoms with E-state index in [4.69, 9.17) is 0 Å². The average Bonchev–Trinajstić information content (AvgIpc) is 2.87. The molecule has 0 aliphatic carbocycles. The minimum Gasteiger partial charge on any atom is -0.0985 e. The van der Waals surface area contributed by atoms with Gasteiger partial charge in [0, 0.05) is 0 Å². The Labute approximate surface area is 188 Å². The SMILES string of the molecule is C=Cc1ccc(-c2c3ccccc3c(-c3ccc4ccccc4c3)c3ccccc23)cc1. The molecule has 0 aliphatic heterocycles. The summed E-state index contributed by atoms with van der Waals surface area (Å²) in [6.45, 7) is 3.90. The van der Waals surface area contributed by atoms with Crippen molar-refractivity contribution in [2.24, 2.45) is 0 Å². The highest BCUT2D eigenvalue weighted by molar-refractivity contribution is 6.21. The van der Waals surface area contributed by atoms with E-state index in [1.165, 1.54) is 54.6 Å². The van der Waals surface area contributed by atoms with Crippen LogP contribution >= 0.6 is 0 Å². The van der Waals surface area contributed by atoms with Gasteiger partial charge in [-0.25, -0.2) is 0 Å². The van der Waals surface area contributed by atoms with Crippen molar-refractivity contribution in [2.75, 3.05) is 0 Å². The molecule has 0 saturated heterocycles. The van der Waals surface area contributed by atoms with Gasteiger partial charge in [-0.15, -0.1) is 0 Å². The molecule has 32 heavy (non-hydrogen) atoms. The lowest BCUT2D eigenvalue weighted by atomic mass is 9.85. The fourth-order valence-electron chi connectivity index (χ4n) is 4.88. The topological polar surface area (TPSA) is 0 Å². The molecule has 0 saturated carbocycles. The second-order valence-electron chi connectivity index (χ2n) is 8.23. The van der Waals surface area contributed by atoms with Crippen LogP contribution in [0.4, 0.5) is 0 Å². The third kappa shape index (κ3) is 2.92. The van der Waals surface area contributed by atoms with Gasteiger partial charge in [0.2, 0.25) is 0 Å². The minimum absolute atomic E-state index is 1.13. The van der Waals surface area contributed by atoms with E-state index in [2.05, 4.69) is 122 Å². The van der Waals surface area contributed by atoms with Crippen LogP contribution in [-0.2, 0) is 0 Å². The number of fused-ring (bicyclic) bond motifs is 3. The summed E-state index contributed by atoms with van der Waals surface area (Å²) >= 11 is 0. The molecule has 0 heteroatoms. The van der Waals surface area contributed by atoms with Gasteiger partial charge in [0.05, 0.1) is 0 Å². The second-order valence-corrected chi connectivity index (χ2v) is 8.23. The normalized spacial score (nSPS) is 11.2. The Morgan fingerprint density at radius 3 is 1.47 bits per heavy atom. The first-order chi connectivity index (χ1) is 15.8. The van der Waals surface area contributed by atoms with Crippen LogP contribution in [0.2, 0.25) is 0 Å². The van der Waals surface area contributed by atoms with Gasteiger partial charge in [-0.3, -0.25) is 0 Å². The molecule has 6 aromatic carbocycles. The summed E-state index contributed by atoms with van der Waals surface area (Å²) in [5.74, 6) is 0. The average molecular weight is 407 g/mol. The quantitative estimate of drug-likeness (QED) is 0.257. The van der Waals surface area contributed by atoms with Crippen molar-refractivity contribution in [2.45, 2.75) is 0 Å². The van der Waals surface area contributed by atoms with E-state index in [0.29, 0.717) is 0 Å². The van der Waals surface area contributed by atoms with Crippen molar-refractivity contribution >= 4 is 38.4 Å². The smallest absolute Gasteiger partial charge is 0.00262 e. The number of hydrogen-bond acceptors (Lipinski definition) is 0. The van der Waals surface area contributed by atoms with Crippen molar-refractivity contribution in [1.29, 1.82) is 0 Å². The molecule has 0 unspecified atom stereocenters. The van der Waals surface area contributed by atoms with E-state index in [9.17, 15) is 0 Å². The molecule has 0 nitrogen and oxygen atoms in total. The largest absolute Gasteiger partial charge is 0.0985 e. The highest BCUT2D eigenvalue weighted by atomic mass is 14.2. The van der Waals surface area contributed by atoms with Crippen LogP contribution < -0.4 is 0 Å². The van der Waals surface area contributed by atoms with E-state index in [-0.39, 0.29) is 0 Å². The Bertz CT molecular complexity index is 1560. The number of hydrogen-bond donors (Lipinski definition) is 0. The summed E-state index contributed by atoms with van der Waals surface area (Å²) in [6, 6.07) is 41.7. The van der Waals surface area contributed by atoms with E-state index >= 15 is 0 Å².